The fourth-order valence-electron chi connectivity index (χ4n) is 3.46. The molecule has 3 rings (SSSR count). The number of hydrogen-bond acceptors (Lipinski definition) is 4. The highest BCUT2D eigenvalue weighted by molar-refractivity contribution is 7.92. The lowest BCUT2D eigenvalue weighted by Crippen LogP contribution is -2.34. The van der Waals surface area contributed by atoms with E-state index >= 15 is 0 Å². The van der Waals surface area contributed by atoms with Crippen molar-refractivity contribution in [3.8, 4) is 11.5 Å². The first-order valence-corrected chi connectivity index (χ1v) is 10.9. The van der Waals surface area contributed by atoms with Gasteiger partial charge in [-0.15, -0.1) is 0 Å². The molecule has 8 heteroatoms. The lowest BCUT2D eigenvalue weighted by atomic mass is 10.1. The Hall–Kier alpha value is -3.13. The second-order valence-corrected chi connectivity index (χ2v) is 8.75. The molecule has 0 amide bonds. The third-order valence-electron chi connectivity index (χ3n) is 4.99. The molecule has 3 aromatic rings. The van der Waals surface area contributed by atoms with Crippen LogP contribution in [0.4, 0.5) is 14.5 Å². The predicted octanol–water partition coefficient (Wildman–Crippen LogP) is 5.25. The molecule has 0 radical (unpaired) electrons. The minimum Gasteiger partial charge on any atom is -0.497 e. The normalized spacial score (nSPS) is 12.3. The van der Waals surface area contributed by atoms with Crippen LogP contribution in [0.25, 0.3) is 0 Å². The summed E-state index contributed by atoms with van der Waals surface area (Å²) in [7, 11) is -1.17. The standard InChI is InChI=1S/C23H23F2NO4S/c1-15-13-18(25)7-12-23(15)31(27,28)26(19-8-5-17(24)6-9-19)16(2)21-14-20(29-3)10-11-22(21)30-4/h5-14,16H,1-4H3/t16-/m0/s1. The van der Waals surface area contributed by atoms with Crippen LogP contribution in [0.5, 0.6) is 11.5 Å². The molecule has 0 aliphatic rings. The third kappa shape index (κ3) is 4.49. The first-order valence-electron chi connectivity index (χ1n) is 9.47. The quantitative estimate of drug-likeness (QED) is 0.497. The summed E-state index contributed by atoms with van der Waals surface area (Å²) in [6, 6.07) is 12.9. The van der Waals surface area contributed by atoms with E-state index in [1.54, 1.807) is 25.1 Å². The van der Waals surface area contributed by atoms with Gasteiger partial charge in [-0.25, -0.2) is 17.2 Å². The van der Waals surface area contributed by atoms with Crippen molar-refractivity contribution in [1.29, 1.82) is 0 Å². The highest BCUT2D eigenvalue weighted by atomic mass is 32.2. The smallest absolute Gasteiger partial charge is 0.265 e. The molecule has 0 saturated carbocycles. The highest BCUT2D eigenvalue weighted by Gasteiger charge is 2.33. The number of sulfonamides is 1. The summed E-state index contributed by atoms with van der Waals surface area (Å²) in [5.74, 6) is -0.0403. The van der Waals surface area contributed by atoms with E-state index < -0.39 is 27.7 Å². The van der Waals surface area contributed by atoms with Crippen LogP contribution in [-0.2, 0) is 10.0 Å². The van der Waals surface area contributed by atoms with Crippen LogP contribution in [0, 0.1) is 18.6 Å². The maximum Gasteiger partial charge on any atom is 0.265 e. The van der Waals surface area contributed by atoms with Crippen LogP contribution in [-0.4, -0.2) is 22.6 Å². The number of ether oxygens (including phenoxy) is 2. The molecule has 0 saturated heterocycles. The van der Waals surface area contributed by atoms with Crippen molar-refractivity contribution in [3.63, 3.8) is 0 Å². The van der Waals surface area contributed by atoms with Gasteiger partial charge in [-0.05, 0) is 80.1 Å². The maximum atomic E-state index is 13.8. The van der Waals surface area contributed by atoms with Crippen LogP contribution in [0.1, 0.15) is 24.1 Å². The molecule has 0 aromatic heterocycles. The zero-order valence-electron chi connectivity index (χ0n) is 17.6. The number of methoxy groups -OCH3 is 2. The van der Waals surface area contributed by atoms with E-state index in [4.69, 9.17) is 9.47 Å². The molecule has 0 unspecified atom stereocenters. The van der Waals surface area contributed by atoms with Crippen molar-refractivity contribution in [2.24, 2.45) is 0 Å². The molecular weight excluding hydrogens is 424 g/mol. The first kappa shape index (κ1) is 22.6. The van der Waals surface area contributed by atoms with Gasteiger partial charge in [0.05, 0.1) is 30.8 Å². The lowest BCUT2D eigenvalue weighted by molar-refractivity contribution is 0.396. The second kappa shape index (κ2) is 8.93. The van der Waals surface area contributed by atoms with Crippen molar-refractivity contribution in [1.82, 2.24) is 0 Å². The predicted molar refractivity (Wildman–Crippen MR) is 115 cm³/mol. The van der Waals surface area contributed by atoms with Gasteiger partial charge in [-0.3, -0.25) is 4.31 Å². The van der Waals surface area contributed by atoms with Gasteiger partial charge in [0.25, 0.3) is 10.0 Å². The molecule has 0 aliphatic carbocycles. The highest BCUT2D eigenvalue weighted by Crippen LogP contribution is 2.39. The zero-order valence-corrected chi connectivity index (χ0v) is 18.4. The summed E-state index contributed by atoms with van der Waals surface area (Å²) in [4.78, 5) is -0.0491. The summed E-state index contributed by atoms with van der Waals surface area (Å²) < 4.78 is 66.6. The summed E-state index contributed by atoms with van der Waals surface area (Å²) >= 11 is 0. The largest absolute Gasteiger partial charge is 0.497 e. The number of aryl methyl sites for hydroxylation is 1. The van der Waals surface area contributed by atoms with Gasteiger partial charge in [-0.1, -0.05) is 0 Å². The molecular formula is C23H23F2NO4S. The zero-order chi connectivity index (χ0) is 22.8. The topological polar surface area (TPSA) is 55.8 Å². The van der Waals surface area contributed by atoms with Gasteiger partial charge in [-0.2, -0.15) is 0 Å². The van der Waals surface area contributed by atoms with Crippen molar-refractivity contribution in [2.75, 3.05) is 18.5 Å². The SMILES string of the molecule is COc1ccc(OC)c([C@H](C)N(c2ccc(F)cc2)S(=O)(=O)c2ccc(F)cc2C)c1. The van der Waals surface area contributed by atoms with Gasteiger partial charge >= 0.3 is 0 Å². The van der Waals surface area contributed by atoms with E-state index in [1.807, 2.05) is 0 Å². The molecule has 1 atom stereocenters. The summed E-state index contributed by atoms with van der Waals surface area (Å²) in [5, 5.41) is 0. The number of halogens is 2. The number of nitrogens with zero attached hydrogens (tertiary/aromatic N) is 1. The van der Waals surface area contributed by atoms with Gasteiger partial charge in [0.15, 0.2) is 0 Å². The Labute approximate surface area is 180 Å². The molecule has 0 bridgehead atoms. The Morgan fingerprint density at radius 1 is 0.871 bits per heavy atom. The molecule has 0 N–H and O–H groups in total. The molecule has 5 nitrogen and oxygen atoms in total. The van der Waals surface area contributed by atoms with E-state index in [0.717, 1.165) is 12.1 Å². The maximum absolute atomic E-state index is 13.8. The van der Waals surface area contributed by atoms with Crippen molar-refractivity contribution < 1.29 is 26.7 Å². The Morgan fingerprint density at radius 2 is 1.52 bits per heavy atom. The van der Waals surface area contributed by atoms with E-state index in [9.17, 15) is 17.2 Å². The number of hydrogen-bond donors (Lipinski definition) is 0. The van der Waals surface area contributed by atoms with Gasteiger partial charge in [0.2, 0.25) is 0 Å². The van der Waals surface area contributed by atoms with Crippen molar-refractivity contribution >= 4 is 15.7 Å². The van der Waals surface area contributed by atoms with Crippen LogP contribution >= 0.6 is 0 Å². The van der Waals surface area contributed by atoms with Gasteiger partial charge in [0.1, 0.15) is 23.1 Å². The van der Waals surface area contributed by atoms with E-state index in [1.165, 1.54) is 55.8 Å². The molecule has 0 spiro atoms. The average molecular weight is 448 g/mol. The Bertz CT molecular complexity index is 1180. The third-order valence-corrected chi connectivity index (χ3v) is 7.05. The van der Waals surface area contributed by atoms with Gasteiger partial charge in [0, 0.05) is 5.56 Å². The van der Waals surface area contributed by atoms with E-state index in [-0.39, 0.29) is 16.1 Å². The lowest BCUT2D eigenvalue weighted by Gasteiger charge is -2.32. The summed E-state index contributed by atoms with van der Waals surface area (Å²) in [6.07, 6.45) is 0. The van der Waals surface area contributed by atoms with Crippen molar-refractivity contribution in [3.05, 3.63) is 83.4 Å². The molecule has 0 heterocycles. The first-order chi connectivity index (χ1) is 14.7. The second-order valence-electron chi connectivity index (χ2n) is 6.97. The summed E-state index contributed by atoms with van der Waals surface area (Å²) in [5.41, 5.74) is 1.06. The minimum absolute atomic E-state index is 0.0491. The Kier molecular flexibility index (Phi) is 6.50. The van der Waals surface area contributed by atoms with Crippen LogP contribution < -0.4 is 13.8 Å². The van der Waals surface area contributed by atoms with Crippen LogP contribution in [0.2, 0.25) is 0 Å². The minimum atomic E-state index is -4.16. The fraction of sp³-hybridized carbons (Fsp3) is 0.217. The fourth-order valence-corrected chi connectivity index (χ4v) is 5.31. The summed E-state index contributed by atoms with van der Waals surface area (Å²) in [6.45, 7) is 3.21. The molecule has 31 heavy (non-hydrogen) atoms. The monoisotopic (exact) mass is 447 g/mol. The molecule has 0 fully saturated rings. The molecule has 164 valence electrons. The van der Waals surface area contributed by atoms with Crippen LogP contribution in [0.3, 0.4) is 0 Å². The number of anilines is 1. The van der Waals surface area contributed by atoms with E-state index in [0.29, 0.717) is 17.1 Å². The van der Waals surface area contributed by atoms with E-state index in [2.05, 4.69) is 0 Å². The molecule has 3 aromatic carbocycles. The van der Waals surface area contributed by atoms with Crippen LogP contribution in [0.15, 0.2) is 65.6 Å². The van der Waals surface area contributed by atoms with Gasteiger partial charge < -0.3 is 9.47 Å². The Morgan fingerprint density at radius 3 is 2.10 bits per heavy atom. The molecule has 0 aliphatic heterocycles. The number of benzene rings is 3. The van der Waals surface area contributed by atoms with Crippen molar-refractivity contribution in [2.45, 2.75) is 24.8 Å². The average Bonchev–Trinajstić information content (AvgIpc) is 2.74. The Balaban J connectivity index is 2.24. The number of rotatable bonds is 7.